The maximum Gasteiger partial charge on any atom is 0.0931 e. The number of nitrogens with two attached hydrogens (primary N) is 1. The fourth-order valence-corrected chi connectivity index (χ4v) is 3.18. The van der Waals surface area contributed by atoms with Gasteiger partial charge < -0.3 is 5.73 Å². The molecular formula is C9H14ClNS2. The van der Waals surface area contributed by atoms with Crippen molar-refractivity contribution in [3.05, 3.63) is 21.3 Å². The summed E-state index contributed by atoms with van der Waals surface area (Å²) in [6.07, 6.45) is 0. The Morgan fingerprint density at radius 3 is 2.92 bits per heavy atom. The normalized spacial score (nSPS) is 13.2. The van der Waals surface area contributed by atoms with Crippen LogP contribution >= 0.6 is 34.7 Å². The summed E-state index contributed by atoms with van der Waals surface area (Å²) in [5, 5.41) is 0. The van der Waals surface area contributed by atoms with Crippen molar-refractivity contribution < 1.29 is 0 Å². The highest BCUT2D eigenvalue weighted by Gasteiger charge is 2.01. The van der Waals surface area contributed by atoms with Gasteiger partial charge >= 0.3 is 0 Å². The Morgan fingerprint density at radius 2 is 2.38 bits per heavy atom. The quantitative estimate of drug-likeness (QED) is 0.848. The number of halogens is 1. The van der Waals surface area contributed by atoms with Gasteiger partial charge in [-0.3, -0.25) is 0 Å². The van der Waals surface area contributed by atoms with Gasteiger partial charge in [0, 0.05) is 10.6 Å². The highest BCUT2D eigenvalue weighted by Crippen LogP contribution is 2.25. The summed E-state index contributed by atoms with van der Waals surface area (Å²) in [7, 11) is 0. The van der Waals surface area contributed by atoms with Gasteiger partial charge in [-0.1, -0.05) is 18.5 Å². The number of hydrogen-bond acceptors (Lipinski definition) is 3. The van der Waals surface area contributed by atoms with Gasteiger partial charge in [0.1, 0.15) is 0 Å². The van der Waals surface area contributed by atoms with Gasteiger partial charge in [0.15, 0.2) is 0 Å². The molecule has 0 spiro atoms. The van der Waals surface area contributed by atoms with E-state index in [1.165, 1.54) is 4.88 Å². The highest BCUT2D eigenvalue weighted by molar-refractivity contribution is 7.98. The van der Waals surface area contributed by atoms with Gasteiger partial charge in [0.05, 0.1) is 4.34 Å². The molecule has 4 heteroatoms. The standard InChI is InChI=1S/C9H14ClNS2/c1-7(4-11)5-12-6-8-2-3-9(10)13-8/h2-3,7H,4-6,11H2,1H3. The molecule has 0 saturated carbocycles. The Labute approximate surface area is 92.7 Å². The molecule has 0 radical (unpaired) electrons. The zero-order valence-corrected chi connectivity index (χ0v) is 10.0. The molecule has 1 heterocycles. The van der Waals surface area contributed by atoms with E-state index in [4.69, 9.17) is 17.3 Å². The van der Waals surface area contributed by atoms with E-state index < -0.39 is 0 Å². The van der Waals surface area contributed by atoms with Crippen molar-refractivity contribution in [2.45, 2.75) is 12.7 Å². The third kappa shape index (κ3) is 4.36. The summed E-state index contributed by atoms with van der Waals surface area (Å²) in [5.74, 6) is 2.80. The van der Waals surface area contributed by atoms with Crippen LogP contribution in [0, 0.1) is 5.92 Å². The Balaban J connectivity index is 2.20. The van der Waals surface area contributed by atoms with Gasteiger partial charge in [-0.2, -0.15) is 11.8 Å². The van der Waals surface area contributed by atoms with Crippen molar-refractivity contribution in [1.82, 2.24) is 0 Å². The lowest BCUT2D eigenvalue weighted by Gasteiger charge is -2.05. The molecule has 1 aromatic heterocycles. The third-order valence-corrected chi connectivity index (χ3v) is 4.41. The van der Waals surface area contributed by atoms with E-state index in [1.54, 1.807) is 11.3 Å². The Bertz CT molecular complexity index is 250. The lowest BCUT2D eigenvalue weighted by molar-refractivity contribution is 0.675. The first kappa shape index (κ1) is 11.4. The fourth-order valence-electron chi connectivity index (χ4n) is 0.858. The molecule has 1 nitrogen and oxygen atoms in total. The molecular weight excluding hydrogens is 222 g/mol. The second kappa shape index (κ2) is 5.91. The second-order valence-electron chi connectivity index (χ2n) is 3.06. The SMILES string of the molecule is CC(CN)CSCc1ccc(Cl)s1. The van der Waals surface area contributed by atoms with Crippen molar-refractivity contribution in [2.24, 2.45) is 11.7 Å². The number of rotatable bonds is 5. The molecule has 0 saturated heterocycles. The Hall–Kier alpha value is 0.300. The van der Waals surface area contributed by atoms with Crippen LogP contribution in [-0.2, 0) is 5.75 Å². The van der Waals surface area contributed by atoms with E-state index in [1.807, 2.05) is 17.8 Å². The van der Waals surface area contributed by atoms with E-state index in [9.17, 15) is 0 Å². The van der Waals surface area contributed by atoms with E-state index in [0.29, 0.717) is 5.92 Å². The molecule has 1 aromatic rings. The number of thioether (sulfide) groups is 1. The summed E-state index contributed by atoms with van der Waals surface area (Å²) in [5.41, 5.74) is 5.52. The third-order valence-electron chi connectivity index (χ3n) is 1.68. The molecule has 0 aromatic carbocycles. The predicted molar refractivity (Wildman–Crippen MR) is 63.7 cm³/mol. The van der Waals surface area contributed by atoms with Crippen molar-refractivity contribution in [2.75, 3.05) is 12.3 Å². The maximum atomic E-state index is 5.82. The molecule has 0 aliphatic heterocycles. The molecule has 74 valence electrons. The van der Waals surface area contributed by atoms with Crippen molar-refractivity contribution in [3.8, 4) is 0 Å². The molecule has 1 rings (SSSR count). The summed E-state index contributed by atoms with van der Waals surface area (Å²) in [4.78, 5) is 1.35. The van der Waals surface area contributed by atoms with E-state index in [-0.39, 0.29) is 0 Å². The Kier molecular flexibility index (Phi) is 5.17. The first-order chi connectivity index (χ1) is 6.22. The molecule has 1 atom stereocenters. The zero-order valence-electron chi connectivity index (χ0n) is 7.63. The second-order valence-corrected chi connectivity index (χ2v) is 5.89. The van der Waals surface area contributed by atoms with Gasteiger partial charge in [0.25, 0.3) is 0 Å². The maximum absolute atomic E-state index is 5.82. The van der Waals surface area contributed by atoms with Gasteiger partial charge in [-0.25, -0.2) is 0 Å². The van der Waals surface area contributed by atoms with E-state index >= 15 is 0 Å². The topological polar surface area (TPSA) is 26.0 Å². The smallest absolute Gasteiger partial charge is 0.0931 e. The van der Waals surface area contributed by atoms with Crippen LogP contribution in [0.15, 0.2) is 12.1 Å². The largest absolute Gasteiger partial charge is 0.330 e. The monoisotopic (exact) mass is 235 g/mol. The Morgan fingerprint density at radius 1 is 1.62 bits per heavy atom. The van der Waals surface area contributed by atoms with Crippen LogP contribution in [0.4, 0.5) is 0 Å². The summed E-state index contributed by atoms with van der Waals surface area (Å²) >= 11 is 9.40. The molecule has 0 fully saturated rings. The molecule has 0 amide bonds. The predicted octanol–water partition coefficient (Wildman–Crippen LogP) is 3.23. The average molecular weight is 236 g/mol. The van der Waals surface area contributed by atoms with Crippen LogP contribution in [0.3, 0.4) is 0 Å². The first-order valence-corrected chi connectivity index (χ1v) is 6.59. The molecule has 0 aliphatic rings. The van der Waals surface area contributed by atoms with Gasteiger partial charge in [-0.05, 0) is 30.3 Å². The summed E-state index contributed by atoms with van der Waals surface area (Å²) in [6, 6.07) is 4.04. The van der Waals surface area contributed by atoms with Crippen LogP contribution in [-0.4, -0.2) is 12.3 Å². The fraction of sp³-hybridized carbons (Fsp3) is 0.556. The van der Waals surface area contributed by atoms with Crippen LogP contribution in [0.5, 0.6) is 0 Å². The van der Waals surface area contributed by atoms with Crippen LogP contribution < -0.4 is 5.73 Å². The molecule has 13 heavy (non-hydrogen) atoms. The van der Waals surface area contributed by atoms with E-state index in [2.05, 4.69) is 13.0 Å². The van der Waals surface area contributed by atoms with Crippen molar-refractivity contribution in [1.29, 1.82) is 0 Å². The zero-order chi connectivity index (χ0) is 9.68. The highest BCUT2D eigenvalue weighted by atomic mass is 35.5. The minimum Gasteiger partial charge on any atom is -0.330 e. The minimum atomic E-state index is 0.612. The van der Waals surface area contributed by atoms with Crippen LogP contribution in [0.1, 0.15) is 11.8 Å². The van der Waals surface area contributed by atoms with Gasteiger partial charge in [0.2, 0.25) is 0 Å². The van der Waals surface area contributed by atoms with Crippen molar-refractivity contribution in [3.63, 3.8) is 0 Å². The molecule has 1 unspecified atom stereocenters. The minimum absolute atomic E-state index is 0.612. The van der Waals surface area contributed by atoms with Crippen LogP contribution in [0.25, 0.3) is 0 Å². The molecule has 2 N–H and O–H groups in total. The van der Waals surface area contributed by atoms with Gasteiger partial charge in [-0.15, -0.1) is 11.3 Å². The number of hydrogen-bond donors (Lipinski definition) is 1. The first-order valence-electron chi connectivity index (χ1n) is 4.24. The average Bonchev–Trinajstić information content (AvgIpc) is 2.51. The molecule has 0 bridgehead atoms. The summed E-state index contributed by atoms with van der Waals surface area (Å²) in [6.45, 7) is 2.95. The van der Waals surface area contributed by atoms with E-state index in [0.717, 1.165) is 22.4 Å². The lowest BCUT2D eigenvalue weighted by atomic mass is 10.2. The number of thiophene rings is 1. The lowest BCUT2D eigenvalue weighted by Crippen LogP contribution is -2.12. The molecule has 0 aliphatic carbocycles. The summed E-state index contributed by atoms with van der Waals surface area (Å²) < 4.78 is 0.877. The van der Waals surface area contributed by atoms with Crippen LogP contribution in [0.2, 0.25) is 4.34 Å². The van der Waals surface area contributed by atoms with Crippen molar-refractivity contribution >= 4 is 34.7 Å².